The molecule has 7 rings (SSSR count). The molecule has 0 spiro atoms. The first-order chi connectivity index (χ1) is 16.0. The number of likely N-dealkylation sites (tertiary alicyclic amines) is 1. The van der Waals surface area contributed by atoms with Gasteiger partial charge in [-0.25, -0.2) is 0 Å². The van der Waals surface area contributed by atoms with Gasteiger partial charge in [-0.15, -0.1) is 0 Å². The molecular formula is C28H31ClN2O2. The smallest absolute Gasteiger partial charge is 0.255 e. The lowest BCUT2D eigenvalue weighted by molar-refractivity contribution is -0.128. The number of benzene rings is 2. The fourth-order valence-electron chi connectivity index (χ4n) is 7.46. The third-order valence-corrected chi connectivity index (χ3v) is 8.94. The van der Waals surface area contributed by atoms with E-state index < -0.39 is 0 Å². The van der Waals surface area contributed by atoms with Crippen molar-refractivity contribution in [1.29, 1.82) is 0 Å². The molecule has 0 radical (unpaired) electrons. The van der Waals surface area contributed by atoms with Crippen LogP contribution in [-0.4, -0.2) is 23.3 Å². The summed E-state index contributed by atoms with van der Waals surface area (Å²) in [6.45, 7) is 1.43. The van der Waals surface area contributed by atoms with Crippen LogP contribution in [0.25, 0.3) is 0 Å². The van der Waals surface area contributed by atoms with E-state index in [4.69, 9.17) is 11.6 Å². The highest BCUT2D eigenvalue weighted by Gasteiger charge is 2.51. The van der Waals surface area contributed by atoms with E-state index in [1.807, 2.05) is 35.2 Å². The molecule has 1 saturated heterocycles. The molecule has 172 valence electrons. The number of hydrogen-bond acceptors (Lipinski definition) is 2. The fourth-order valence-corrected chi connectivity index (χ4v) is 7.69. The maximum atomic E-state index is 12.8. The lowest BCUT2D eigenvalue weighted by atomic mass is 9.48. The van der Waals surface area contributed by atoms with Gasteiger partial charge in [0, 0.05) is 25.1 Å². The number of nitrogens with zero attached hydrogens (tertiary/aromatic N) is 1. The van der Waals surface area contributed by atoms with Crippen LogP contribution in [0.1, 0.15) is 72.9 Å². The van der Waals surface area contributed by atoms with Crippen LogP contribution in [0.4, 0.5) is 5.69 Å². The van der Waals surface area contributed by atoms with E-state index in [0.717, 1.165) is 36.3 Å². The SMILES string of the molecule is O=C(Nc1ccc(C23CC4CC(CC(C4)C2)C3)cc1Cl)c1ccc(CN2CCCC2=O)cc1. The number of nitrogens with one attached hydrogen (secondary N) is 1. The Balaban J connectivity index is 1.14. The van der Waals surface area contributed by atoms with Crippen molar-refractivity contribution in [2.45, 2.75) is 63.3 Å². The minimum absolute atomic E-state index is 0.164. The normalized spacial score (nSPS) is 30.2. The Hall–Kier alpha value is -2.33. The molecule has 0 atom stereocenters. The van der Waals surface area contributed by atoms with Crippen molar-refractivity contribution in [1.82, 2.24) is 4.90 Å². The van der Waals surface area contributed by atoms with Crippen molar-refractivity contribution in [2.24, 2.45) is 17.8 Å². The second-order valence-corrected chi connectivity index (χ2v) is 11.4. The quantitative estimate of drug-likeness (QED) is 0.576. The minimum Gasteiger partial charge on any atom is -0.338 e. The summed E-state index contributed by atoms with van der Waals surface area (Å²) in [4.78, 5) is 26.6. The molecule has 5 aliphatic rings. The fraction of sp³-hybridized carbons (Fsp3) is 0.500. The summed E-state index contributed by atoms with van der Waals surface area (Å²) in [5.74, 6) is 2.72. The van der Waals surface area contributed by atoms with Gasteiger partial charge >= 0.3 is 0 Å². The monoisotopic (exact) mass is 462 g/mol. The Kier molecular flexibility index (Phi) is 5.25. The van der Waals surface area contributed by atoms with Crippen LogP contribution >= 0.6 is 11.6 Å². The molecule has 4 aliphatic carbocycles. The zero-order valence-electron chi connectivity index (χ0n) is 19.0. The molecule has 1 N–H and O–H groups in total. The molecule has 1 aliphatic heterocycles. The summed E-state index contributed by atoms with van der Waals surface area (Å²) in [5, 5.41) is 3.62. The van der Waals surface area contributed by atoms with Crippen molar-refractivity contribution < 1.29 is 9.59 Å². The topological polar surface area (TPSA) is 49.4 Å². The van der Waals surface area contributed by atoms with Gasteiger partial charge in [0.2, 0.25) is 5.91 Å². The summed E-state index contributed by atoms with van der Waals surface area (Å²) in [7, 11) is 0. The second kappa shape index (κ2) is 8.16. The van der Waals surface area contributed by atoms with Crippen LogP contribution in [0, 0.1) is 17.8 Å². The Labute approximate surface area is 200 Å². The highest BCUT2D eigenvalue weighted by atomic mass is 35.5. The van der Waals surface area contributed by atoms with Crippen molar-refractivity contribution in [3.05, 3.63) is 64.2 Å². The summed E-state index contributed by atoms with van der Waals surface area (Å²) < 4.78 is 0. The first kappa shape index (κ1) is 21.2. The molecule has 1 heterocycles. The van der Waals surface area contributed by atoms with E-state index in [-0.39, 0.29) is 11.8 Å². The van der Waals surface area contributed by atoms with Crippen LogP contribution in [0.5, 0.6) is 0 Å². The number of hydrogen-bond donors (Lipinski definition) is 1. The maximum Gasteiger partial charge on any atom is 0.255 e. The van der Waals surface area contributed by atoms with E-state index in [0.29, 0.717) is 34.7 Å². The van der Waals surface area contributed by atoms with E-state index in [1.54, 1.807) is 0 Å². The molecule has 0 unspecified atom stereocenters. The number of anilines is 1. The summed E-state index contributed by atoms with van der Waals surface area (Å²) >= 11 is 6.68. The number of carbonyl (C=O) groups excluding carboxylic acids is 2. The molecular weight excluding hydrogens is 432 g/mol. The van der Waals surface area contributed by atoms with Crippen molar-refractivity contribution >= 4 is 29.1 Å². The molecule has 5 heteroatoms. The maximum absolute atomic E-state index is 12.8. The number of carbonyl (C=O) groups is 2. The first-order valence-corrected chi connectivity index (χ1v) is 12.8. The van der Waals surface area contributed by atoms with Gasteiger partial charge in [0.1, 0.15) is 0 Å². The van der Waals surface area contributed by atoms with Gasteiger partial charge in [0.15, 0.2) is 0 Å². The number of rotatable bonds is 5. The van der Waals surface area contributed by atoms with Crippen LogP contribution in [0.15, 0.2) is 42.5 Å². The summed E-state index contributed by atoms with van der Waals surface area (Å²) in [5.41, 5.74) is 3.97. The van der Waals surface area contributed by atoms with E-state index in [2.05, 4.69) is 17.4 Å². The molecule has 4 bridgehead atoms. The van der Waals surface area contributed by atoms with Gasteiger partial charge < -0.3 is 10.2 Å². The molecule has 0 aromatic heterocycles. The second-order valence-electron chi connectivity index (χ2n) is 11.0. The predicted octanol–water partition coefficient (Wildman–Crippen LogP) is 6.18. The Morgan fingerprint density at radius 2 is 1.67 bits per heavy atom. The first-order valence-electron chi connectivity index (χ1n) is 12.5. The van der Waals surface area contributed by atoms with Gasteiger partial charge in [0.25, 0.3) is 5.91 Å². The third kappa shape index (κ3) is 3.97. The molecule has 33 heavy (non-hydrogen) atoms. The van der Waals surface area contributed by atoms with Gasteiger partial charge in [-0.2, -0.15) is 0 Å². The lowest BCUT2D eigenvalue weighted by Gasteiger charge is -2.57. The van der Waals surface area contributed by atoms with Gasteiger partial charge in [0.05, 0.1) is 10.7 Å². The van der Waals surface area contributed by atoms with Crippen LogP contribution in [0.3, 0.4) is 0 Å². The van der Waals surface area contributed by atoms with Crippen LogP contribution in [-0.2, 0) is 16.8 Å². The molecule has 2 amide bonds. The average Bonchev–Trinajstić information content (AvgIpc) is 3.19. The van der Waals surface area contributed by atoms with E-state index in [9.17, 15) is 9.59 Å². The minimum atomic E-state index is -0.164. The van der Waals surface area contributed by atoms with Gasteiger partial charge in [-0.1, -0.05) is 29.8 Å². The predicted molar refractivity (Wildman–Crippen MR) is 130 cm³/mol. The van der Waals surface area contributed by atoms with Gasteiger partial charge in [-0.05, 0) is 104 Å². The molecule has 5 fully saturated rings. The molecule has 2 aromatic carbocycles. The van der Waals surface area contributed by atoms with Gasteiger partial charge in [-0.3, -0.25) is 9.59 Å². The number of amides is 2. The highest BCUT2D eigenvalue weighted by molar-refractivity contribution is 6.34. The molecule has 4 nitrogen and oxygen atoms in total. The lowest BCUT2D eigenvalue weighted by Crippen LogP contribution is -2.48. The Bertz CT molecular complexity index is 1060. The zero-order chi connectivity index (χ0) is 22.6. The Morgan fingerprint density at radius 3 is 2.24 bits per heavy atom. The molecule has 2 aromatic rings. The standard InChI is InChI=1S/C28H31ClN2O2/c29-24-13-23(28-14-19-10-20(15-28)12-21(11-19)16-28)7-8-25(24)30-27(33)22-5-3-18(4-6-22)17-31-9-1-2-26(31)32/h3-8,13,19-21H,1-2,9-12,14-17H2,(H,30,33). The largest absolute Gasteiger partial charge is 0.338 e. The Morgan fingerprint density at radius 1 is 1.00 bits per heavy atom. The van der Waals surface area contributed by atoms with E-state index >= 15 is 0 Å². The zero-order valence-corrected chi connectivity index (χ0v) is 19.7. The number of halogens is 1. The summed E-state index contributed by atoms with van der Waals surface area (Å²) in [6.07, 6.45) is 9.75. The molecule has 4 saturated carbocycles. The van der Waals surface area contributed by atoms with Crippen LogP contribution < -0.4 is 5.32 Å². The van der Waals surface area contributed by atoms with Crippen molar-refractivity contribution in [3.8, 4) is 0 Å². The average molecular weight is 463 g/mol. The van der Waals surface area contributed by atoms with Crippen molar-refractivity contribution in [3.63, 3.8) is 0 Å². The third-order valence-electron chi connectivity index (χ3n) is 8.63. The highest BCUT2D eigenvalue weighted by Crippen LogP contribution is 2.61. The van der Waals surface area contributed by atoms with Crippen molar-refractivity contribution in [2.75, 3.05) is 11.9 Å². The summed E-state index contributed by atoms with van der Waals surface area (Å²) in [6, 6.07) is 13.8. The van der Waals surface area contributed by atoms with E-state index in [1.165, 1.54) is 44.1 Å². The van der Waals surface area contributed by atoms with Crippen LogP contribution in [0.2, 0.25) is 5.02 Å².